The zero-order valence-corrected chi connectivity index (χ0v) is 15.6. The van der Waals surface area contributed by atoms with Crippen LogP contribution in [0.4, 0.5) is 0 Å². The number of aliphatic hydroxyl groups is 2. The third-order valence-corrected chi connectivity index (χ3v) is 8.39. The second-order valence-electron chi connectivity index (χ2n) is 9.39. The lowest BCUT2D eigenvalue weighted by atomic mass is 9.46. The summed E-state index contributed by atoms with van der Waals surface area (Å²) in [7, 11) is 0. The molecular weight excluding hydrogens is 332 g/mol. The Hall–Kier alpha value is -1.33. The van der Waals surface area contributed by atoms with E-state index in [1.165, 1.54) is 0 Å². The highest BCUT2D eigenvalue weighted by Crippen LogP contribution is 2.66. The second-order valence-corrected chi connectivity index (χ2v) is 9.39. The summed E-state index contributed by atoms with van der Waals surface area (Å²) in [6.07, 6.45) is 5.79. The number of hydrogen-bond acceptors (Lipinski definition) is 5. The van der Waals surface area contributed by atoms with Gasteiger partial charge in [0.25, 0.3) is 0 Å². The molecule has 0 aliphatic heterocycles. The highest BCUT2D eigenvalue weighted by atomic mass is 16.3. The van der Waals surface area contributed by atoms with Gasteiger partial charge in [-0.15, -0.1) is 0 Å². The molecule has 0 aromatic heterocycles. The topological polar surface area (TPSA) is 91.7 Å². The highest BCUT2D eigenvalue weighted by molar-refractivity contribution is 5.93. The summed E-state index contributed by atoms with van der Waals surface area (Å²) in [6.45, 7) is 3.30. The van der Waals surface area contributed by atoms with Crippen molar-refractivity contribution in [1.29, 1.82) is 0 Å². The SMILES string of the molecule is C[C@]12CCC(=O)CC1=CCC1C2C(=O)C[C@@]2(C)C1CCC2(O)C(=O)CO. The van der Waals surface area contributed by atoms with Gasteiger partial charge in [-0.25, -0.2) is 0 Å². The number of carbonyl (C=O) groups excluding carboxylic acids is 3. The fourth-order valence-corrected chi connectivity index (χ4v) is 6.90. The Labute approximate surface area is 153 Å². The Kier molecular flexibility index (Phi) is 3.88. The molecule has 5 nitrogen and oxygen atoms in total. The molecule has 0 saturated heterocycles. The molecule has 0 aromatic rings. The minimum atomic E-state index is -1.61. The van der Waals surface area contributed by atoms with Crippen molar-refractivity contribution < 1.29 is 24.6 Å². The first kappa shape index (κ1) is 18.1. The Morgan fingerprint density at radius 3 is 2.69 bits per heavy atom. The number of rotatable bonds is 2. The normalized spacial score (nSPS) is 47.7. The van der Waals surface area contributed by atoms with Crippen LogP contribution in [0.1, 0.15) is 58.8 Å². The Bertz CT molecular complexity index is 724. The molecule has 4 rings (SSSR count). The summed E-state index contributed by atoms with van der Waals surface area (Å²) in [4.78, 5) is 37.6. The van der Waals surface area contributed by atoms with Gasteiger partial charge < -0.3 is 10.2 Å². The molecule has 4 aliphatic rings. The van der Waals surface area contributed by atoms with Crippen LogP contribution in [0.5, 0.6) is 0 Å². The van der Waals surface area contributed by atoms with Gasteiger partial charge in [0.2, 0.25) is 0 Å². The molecule has 6 atom stereocenters. The Morgan fingerprint density at radius 2 is 2.00 bits per heavy atom. The Morgan fingerprint density at radius 1 is 1.27 bits per heavy atom. The van der Waals surface area contributed by atoms with Crippen LogP contribution >= 0.6 is 0 Å². The van der Waals surface area contributed by atoms with E-state index in [-0.39, 0.29) is 41.2 Å². The van der Waals surface area contributed by atoms with E-state index in [1.807, 2.05) is 6.92 Å². The zero-order valence-electron chi connectivity index (χ0n) is 15.6. The molecule has 4 aliphatic carbocycles. The van der Waals surface area contributed by atoms with E-state index in [0.29, 0.717) is 32.1 Å². The third kappa shape index (κ3) is 2.07. The molecule has 2 N–H and O–H groups in total. The monoisotopic (exact) mass is 360 g/mol. The molecule has 0 heterocycles. The van der Waals surface area contributed by atoms with E-state index in [2.05, 4.69) is 13.0 Å². The van der Waals surface area contributed by atoms with Crippen LogP contribution in [0, 0.1) is 28.6 Å². The van der Waals surface area contributed by atoms with Crippen LogP contribution in [0.3, 0.4) is 0 Å². The van der Waals surface area contributed by atoms with Crippen molar-refractivity contribution in [3.63, 3.8) is 0 Å². The summed E-state index contributed by atoms with van der Waals surface area (Å²) < 4.78 is 0. The molecule has 5 heteroatoms. The molecule has 26 heavy (non-hydrogen) atoms. The number of aliphatic hydroxyl groups excluding tert-OH is 1. The van der Waals surface area contributed by atoms with E-state index in [1.54, 1.807) is 0 Å². The molecule has 0 radical (unpaired) electrons. The third-order valence-electron chi connectivity index (χ3n) is 8.39. The first-order valence-corrected chi connectivity index (χ1v) is 9.78. The smallest absolute Gasteiger partial charge is 0.190 e. The number of allylic oxidation sites excluding steroid dienone is 2. The van der Waals surface area contributed by atoms with Gasteiger partial charge in [0.15, 0.2) is 5.78 Å². The minimum absolute atomic E-state index is 0.0814. The number of ketones is 3. The number of carbonyl (C=O) groups is 3. The molecule has 3 saturated carbocycles. The highest BCUT2D eigenvalue weighted by Gasteiger charge is 2.68. The van der Waals surface area contributed by atoms with Crippen LogP contribution in [0.15, 0.2) is 11.6 Å². The summed E-state index contributed by atoms with van der Waals surface area (Å²) in [5.74, 6) is -0.136. The van der Waals surface area contributed by atoms with Gasteiger partial charge in [0.05, 0.1) is 0 Å². The maximum Gasteiger partial charge on any atom is 0.190 e. The van der Waals surface area contributed by atoms with Crippen molar-refractivity contribution >= 4 is 17.3 Å². The number of fused-ring (bicyclic) bond motifs is 5. The van der Waals surface area contributed by atoms with E-state index in [4.69, 9.17) is 0 Å². The van der Waals surface area contributed by atoms with Crippen molar-refractivity contribution in [3.8, 4) is 0 Å². The van der Waals surface area contributed by atoms with Crippen LogP contribution in [0.2, 0.25) is 0 Å². The van der Waals surface area contributed by atoms with Gasteiger partial charge >= 0.3 is 0 Å². The number of Topliss-reactive ketones (excluding diaryl/α,β-unsaturated/α-hetero) is 3. The van der Waals surface area contributed by atoms with Gasteiger partial charge in [-0.1, -0.05) is 25.5 Å². The van der Waals surface area contributed by atoms with Crippen molar-refractivity contribution in [2.45, 2.75) is 64.4 Å². The molecule has 0 aromatic carbocycles. The maximum absolute atomic E-state index is 13.3. The van der Waals surface area contributed by atoms with E-state index < -0.39 is 23.4 Å². The summed E-state index contributed by atoms with van der Waals surface area (Å²) in [5.41, 5.74) is -1.57. The molecule has 3 fully saturated rings. The van der Waals surface area contributed by atoms with Crippen molar-refractivity contribution in [2.24, 2.45) is 28.6 Å². The lowest BCUT2D eigenvalue weighted by Crippen LogP contribution is -2.60. The first-order valence-electron chi connectivity index (χ1n) is 9.78. The van der Waals surface area contributed by atoms with Crippen molar-refractivity contribution in [3.05, 3.63) is 11.6 Å². The standard InChI is InChI=1S/C21H28O5/c1-19-7-5-13(23)9-12(19)3-4-14-15-6-8-21(26,17(25)11-22)20(15,2)10-16(24)18(14)19/h3,14-15,18,22,26H,4-11H2,1-2H3/t14?,15?,18?,19-,20-,21?/m0/s1. The van der Waals surface area contributed by atoms with E-state index in [0.717, 1.165) is 12.0 Å². The van der Waals surface area contributed by atoms with Crippen LogP contribution in [-0.4, -0.2) is 39.8 Å². The predicted octanol–water partition coefficient (Wildman–Crippen LogP) is 1.99. The largest absolute Gasteiger partial charge is 0.388 e. The summed E-state index contributed by atoms with van der Waals surface area (Å²) >= 11 is 0. The quantitative estimate of drug-likeness (QED) is 0.735. The van der Waals surface area contributed by atoms with Gasteiger partial charge in [-0.05, 0) is 42.9 Å². The first-order chi connectivity index (χ1) is 12.2. The predicted molar refractivity (Wildman–Crippen MR) is 94.1 cm³/mol. The van der Waals surface area contributed by atoms with Gasteiger partial charge in [-0.2, -0.15) is 0 Å². The minimum Gasteiger partial charge on any atom is -0.388 e. The fourth-order valence-electron chi connectivity index (χ4n) is 6.90. The van der Waals surface area contributed by atoms with Crippen LogP contribution in [0.25, 0.3) is 0 Å². The number of hydrogen-bond donors (Lipinski definition) is 2. The van der Waals surface area contributed by atoms with Crippen molar-refractivity contribution in [2.75, 3.05) is 6.61 Å². The van der Waals surface area contributed by atoms with Crippen LogP contribution in [-0.2, 0) is 14.4 Å². The zero-order chi connectivity index (χ0) is 18.9. The van der Waals surface area contributed by atoms with Crippen molar-refractivity contribution in [1.82, 2.24) is 0 Å². The van der Waals surface area contributed by atoms with E-state index in [9.17, 15) is 24.6 Å². The molecule has 0 spiro atoms. The van der Waals surface area contributed by atoms with Crippen LogP contribution < -0.4 is 0 Å². The van der Waals surface area contributed by atoms with Gasteiger partial charge in [0.1, 0.15) is 23.8 Å². The second kappa shape index (κ2) is 5.59. The Balaban J connectivity index is 1.75. The lowest BCUT2D eigenvalue weighted by Gasteiger charge is -2.57. The molecule has 4 unspecified atom stereocenters. The summed E-state index contributed by atoms with van der Waals surface area (Å²) in [5, 5.41) is 20.5. The summed E-state index contributed by atoms with van der Waals surface area (Å²) in [6, 6.07) is 0. The average molecular weight is 360 g/mol. The molecular formula is C21H28O5. The fraction of sp³-hybridized carbons (Fsp3) is 0.762. The lowest BCUT2D eigenvalue weighted by molar-refractivity contribution is -0.169. The molecule has 0 amide bonds. The molecule has 142 valence electrons. The van der Waals surface area contributed by atoms with Gasteiger partial charge in [0, 0.05) is 30.6 Å². The van der Waals surface area contributed by atoms with E-state index >= 15 is 0 Å². The van der Waals surface area contributed by atoms with Gasteiger partial charge in [-0.3, -0.25) is 14.4 Å². The maximum atomic E-state index is 13.3. The average Bonchev–Trinajstić information content (AvgIpc) is 2.86. The molecule has 0 bridgehead atoms.